The molecule has 0 N–H and O–H groups in total. The van der Waals surface area contributed by atoms with E-state index in [2.05, 4.69) is 62.1 Å². The minimum Gasteiger partial charge on any atom is -0.464 e. The predicted molar refractivity (Wildman–Crippen MR) is 85.1 cm³/mol. The Hall–Kier alpha value is -1.96. The second kappa shape index (κ2) is 6.47. The summed E-state index contributed by atoms with van der Waals surface area (Å²) < 4.78 is 5.70. The lowest BCUT2D eigenvalue weighted by atomic mass is 10.2. The third-order valence-electron chi connectivity index (χ3n) is 3.26. The molecule has 1 aromatic heterocycles. The summed E-state index contributed by atoms with van der Waals surface area (Å²) in [4.78, 5) is 2.32. The molecule has 0 aliphatic rings. The number of allylic oxidation sites excluding steroid dienone is 1. The van der Waals surface area contributed by atoms with E-state index in [0.717, 1.165) is 24.6 Å². The molecule has 1 aromatic carbocycles. The second-order valence-electron chi connectivity index (χ2n) is 5.51. The highest BCUT2D eigenvalue weighted by molar-refractivity contribution is 5.48. The van der Waals surface area contributed by atoms with E-state index >= 15 is 0 Å². The summed E-state index contributed by atoms with van der Waals surface area (Å²) in [7, 11) is 0. The van der Waals surface area contributed by atoms with Gasteiger partial charge in [0.05, 0.1) is 6.54 Å². The maximum Gasteiger partial charge on any atom is 0.123 e. The molecule has 0 radical (unpaired) electrons. The zero-order valence-electron chi connectivity index (χ0n) is 12.8. The van der Waals surface area contributed by atoms with Crippen molar-refractivity contribution in [1.29, 1.82) is 0 Å². The molecular formula is C18H23NO. The van der Waals surface area contributed by atoms with E-state index < -0.39 is 0 Å². The number of rotatable bonds is 5. The van der Waals surface area contributed by atoms with Crippen LogP contribution in [0.4, 0.5) is 5.69 Å². The van der Waals surface area contributed by atoms with Crippen molar-refractivity contribution in [2.45, 2.75) is 34.2 Å². The van der Waals surface area contributed by atoms with Crippen molar-refractivity contribution in [2.24, 2.45) is 0 Å². The van der Waals surface area contributed by atoms with Gasteiger partial charge in [0.15, 0.2) is 0 Å². The SMILES string of the molecule is CC(C)=CCN(Cc1ccc(C)o1)c1ccc(C)cc1. The first-order chi connectivity index (χ1) is 9.54. The van der Waals surface area contributed by atoms with Gasteiger partial charge in [-0.1, -0.05) is 29.3 Å². The van der Waals surface area contributed by atoms with E-state index in [1.54, 1.807) is 0 Å². The van der Waals surface area contributed by atoms with Crippen LogP contribution in [-0.2, 0) is 6.54 Å². The fourth-order valence-corrected chi connectivity index (χ4v) is 2.07. The van der Waals surface area contributed by atoms with Gasteiger partial charge in [0, 0.05) is 12.2 Å². The van der Waals surface area contributed by atoms with Crippen molar-refractivity contribution in [3.05, 3.63) is 65.1 Å². The molecule has 0 fully saturated rings. The number of nitrogens with zero attached hydrogens (tertiary/aromatic N) is 1. The Morgan fingerprint density at radius 1 is 1.05 bits per heavy atom. The summed E-state index contributed by atoms with van der Waals surface area (Å²) in [6.07, 6.45) is 2.25. The van der Waals surface area contributed by atoms with Crippen LogP contribution < -0.4 is 4.90 Å². The molecule has 0 spiro atoms. The molecule has 2 nitrogen and oxygen atoms in total. The van der Waals surface area contributed by atoms with Crippen LogP contribution in [0.1, 0.15) is 30.9 Å². The average molecular weight is 269 g/mol. The zero-order chi connectivity index (χ0) is 14.5. The topological polar surface area (TPSA) is 16.4 Å². The fourth-order valence-electron chi connectivity index (χ4n) is 2.07. The van der Waals surface area contributed by atoms with E-state index in [4.69, 9.17) is 4.42 Å². The minimum atomic E-state index is 0.792. The van der Waals surface area contributed by atoms with Crippen LogP contribution in [0.15, 0.2) is 52.5 Å². The Labute approximate surface area is 121 Å². The van der Waals surface area contributed by atoms with Crippen molar-refractivity contribution in [3.63, 3.8) is 0 Å². The minimum absolute atomic E-state index is 0.792. The Kier molecular flexibility index (Phi) is 4.67. The van der Waals surface area contributed by atoms with Crippen LogP contribution in [0.2, 0.25) is 0 Å². The smallest absolute Gasteiger partial charge is 0.123 e. The Morgan fingerprint density at radius 3 is 2.30 bits per heavy atom. The maximum absolute atomic E-state index is 5.70. The largest absolute Gasteiger partial charge is 0.464 e. The molecule has 2 heteroatoms. The Morgan fingerprint density at radius 2 is 1.75 bits per heavy atom. The molecule has 1 heterocycles. The van der Waals surface area contributed by atoms with Gasteiger partial charge in [-0.3, -0.25) is 0 Å². The van der Waals surface area contributed by atoms with Gasteiger partial charge in [-0.15, -0.1) is 0 Å². The van der Waals surface area contributed by atoms with Gasteiger partial charge in [0.25, 0.3) is 0 Å². The van der Waals surface area contributed by atoms with E-state index in [1.807, 2.05) is 13.0 Å². The summed E-state index contributed by atoms with van der Waals surface area (Å²) in [6, 6.07) is 12.7. The number of aryl methyl sites for hydroxylation is 2. The lowest BCUT2D eigenvalue weighted by Crippen LogP contribution is -2.22. The van der Waals surface area contributed by atoms with Crippen LogP contribution >= 0.6 is 0 Å². The third-order valence-corrected chi connectivity index (χ3v) is 3.26. The van der Waals surface area contributed by atoms with Gasteiger partial charge in [0.1, 0.15) is 11.5 Å². The molecule has 20 heavy (non-hydrogen) atoms. The Balaban J connectivity index is 2.19. The van der Waals surface area contributed by atoms with Crippen molar-refractivity contribution in [2.75, 3.05) is 11.4 Å². The number of benzene rings is 1. The second-order valence-corrected chi connectivity index (χ2v) is 5.51. The van der Waals surface area contributed by atoms with Crippen LogP contribution in [-0.4, -0.2) is 6.54 Å². The van der Waals surface area contributed by atoms with Crippen LogP contribution in [0.3, 0.4) is 0 Å². The molecule has 0 aliphatic carbocycles. The lowest BCUT2D eigenvalue weighted by Gasteiger charge is -2.22. The van der Waals surface area contributed by atoms with E-state index in [-0.39, 0.29) is 0 Å². The summed E-state index contributed by atoms with van der Waals surface area (Å²) in [5, 5.41) is 0. The number of hydrogen-bond acceptors (Lipinski definition) is 2. The van der Waals surface area contributed by atoms with Gasteiger partial charge in [-0.2, -0.15) is 0 Å². The molecule has 2 aromatic rings. The first-order valence-corrected chi connectivity index (χ1v) is 7.05. The number of furan rings is 1. The van der Waals surface area contributed by atoms with Crippen LogP contribution in [0.5, 0.6) is 0 Å². The molecule has 0 bridgehead atoms. The van der Waals surface area contributed by atoms with Crippen molar-refractivity contribution in [3.8, 4) is 0 Å². The quantitative estimate of drug-likeness (QED) is 0.720. The van der Waals surface area contributed by atoms with Crippen molar-refractivity contribution < 1.29 is 4.42 Å². The normalized spacial score (nSPS) is 10.4. The van der Waals surface area contributed by atoms with Crippen LogP contribution in [0, 0.1) is 13.8 Å². The third kappa shape index (κ3) is 4.02. The summed E-state index contributed by atoms with van der Waals surface area (Å²) >= 11 is 0. The van der Waals surface area contributed by atoms with E-state index in [9.17, 15) is 0 Å². The van der Waals surface area contributed by atoms with Gasteiger partial charge in [0.2, 0.25) is 0 Å². The number of anilines is 1. The average Bonchev–Trinajstić information content (AvgIpc) is 2.81. The van der Waals surface area contributed by atoms with Gasteiger partial charge in [-0.05, 0) is 52.0 Å². The van der Waals surface area contributed by atoms with Gasteiger partial charge in [-0.25, -0.2) is 0 Å². The molecular weight excluding hydrogens is 246 g/mol. The monoisotopic (exact) mass is 269 g/mol. The first kappa shape index (κ1) is 14.4. The summed E-state index contributed by atoms with van der Waals surface area (Å²) in [5.74, 6) is 1.97. The van der Waals surface area contributed by atoms with Gasteiger partial charge < -0.3 is 9.32 Å². The van der Waals surface area contributed by atoms with Crippen LogP contribution in [0.25, 0.3) is 0 Å². The zero-order valence-corrected chi connectivity index (χ0v) is 12.8. The molecule has 2 rings (SSSR count). The van der Waals surface area contributed by atoms with Gasteiger partial charge >= 0.3 is 0 Å². The lowest BCUT2D eigenvalue weighted by molar-refractivity contribution is 0.480. The summed E-state index contributed by atoms with van der Waals surface area (Å²) in [5.41, 5.74) is 3.84. The van der Waals surface area contributed by atoms with Crippen molar-refractivity contribution in [1.82, 2.24) is 0 Å². The molecule has 0 unspecified atom stereocenters. The standard InChI is InChI=1S/C18H23NO/c1-14(2)11-12-19(13-18-10-7-16(4)20-18)17-8-5-15(3)6-9-17/h5-11H,12-13H2,1-4H3. The molecule has 0 atom stereocenters. The number of hydrogen-bond donors (Lipinski definition) is 0. The predicted octanol–water partition coefficient (Wildman–Crippen LogP) is 4.87. The first-order valence-electron chi connectivity index (χ1n) is 7.05. The van der Waals surface area contributed by atoms with E-state index in [1.165, 1.54) is 16.8 Å². The van der Waals surface area contributed by atoms with Crippen molar-refractivity contribution >= 4 is 5.69 Å². The highest BCUT2D eigenvalue weighted by Crippen LogP contribution is 2.19. The molecule has 0 saturated heterocycles. The molecule has 0 saturated carbocycles. The van der Waals surface area contributed by atoms with E-state index in [0.29, 0.717) is 0 Å². The fraction of sp³-hybridized carbons (Fsp3) is 0.333. The summed E-state index contributed by atoms with van der Waals surface area (Å²) in [6.45, 7) is 10.0. The highest BCUT2D eigenvalue weighted by Gasteiger charge is 2.08. The molecule has 106 valence electrons. The maximum atomic E-state index is 5.70. The molecule has 0 aliphatic heterocycles. The Bertz CT molecular complexity index is 574. The molecule has 0 amide bonds. The highest BCUT2D eigenvalue weighted by atomic mass is 16.3.